The van der Waals surface area contributed by atoms with Crippen molar-refractivity contribution in [3.63, 3.8) is 0 Å². The van der Waals surface area contributed by atoms with Crippen molar-refractivity contribution < 1.29 is 14.3 Å². The number of hydrogen-bond donors (Lipinski definition) is 0. The van der Waals surface area contributed by atoms with Gasteiger partial charge in [0.1, 0.15) is 6.29 Å². The third-order valence-corrected chi connectivity index (χ3v) is 7.75. The Balaban J connectivity index is 1.50. The summed E-state index contributed by atoms with van der Waals surface area (Å²) in [5.74, 6) is 2.08. The van der Waals surface area contributed by atoms with Gasteiger partial charge in [0.25, 0.3) is 0 Å². The molecule has 1 heterocycles. The number of hydrogen-bond acceptors (Lipinski definition) is 3. The lowest BCUT2D eigenvalue weighted by molar-refractivity contribution is -0.284. The smallest absolute Gasteiger partial charge is 0.160 e. The fourth-order valence-corrected chi connectivity index (χ4v) is 6.38. The number of aldehydes is 1. The summed E-state index contributed by atoms with van der Waals surface area (Å²) in [5.41, 5.74) is 1.49. The molecule has 4 rings (SSSR count). The first-order valence-corrected chi connectivity index (χ1v) is 10.0. The maximum atomic E-state index is 11.2. The normalized spacial score (nSPS) is 46.4. The Hall–Kier alpha value is -0.670. The van der Waals surface area contributed by atoms with Crippen LogP contribution in [0.25, 0.3) is 0 Å². The number of ether oxygens (including phenoxy) is 2. The van der Waals surface area contributed by atoms with Gasteiger partial charge in [-0.15, -0.1) is 0 Å². The molecular formula is C21H32O3. The first-order chi connectivity index (χ1) is 11.6. The number of carbonyl (C=O) groups is 1. The van der Waals surface area contributed by atoms with Crippen LogP contribution in [-0.2, 0) is 14.3 Å². The topological polar surface area (TPSA) is 35.5 Å². The Kier molecular flexibility index (Phi) is 4.59. The molecule has 2 unspecified atom stereocenters. The van der Waals surface area contributed by atoms with E-state index in [1.165, 1.54) is 37.7 Å². The summed E-state index contributed by atoms with van der Waals surface area (Å²) >= 11 is 0. The Morgan fingerprint density at radius 2 is 2.04 bits per heavy atom. The molecule has 0 N–H and O–H groups in total. The zero-order valence-electron chi connectivity index (χ0n) is 15.0. The predicted molar refractivity (Wildman–Crippen MR) is 93.4 cm³/mol. The van der Waals surface area contributed by atoms with Crippen LogP contribution in [0.3, 0.4) is 0 Å². The van der Waals surface area contributed by atoms with Gasteiger partial charge in [0.15, 0.2) is 6.29 Å². The molecular weight excluding hydrogens is 300 g/mol. The molecule has 1 saturated heterocycles. The molecule has 0 amide bonds. The molecule has 0 aromatic heterocycles. The Morgan fingerprint density at radius 1 is 1.25 bits per heavy atom. The molecule has 3 saturated carbocycles. The quantitative estimate of drug-likeness (QED) is 0.563. The second-order valence-electron chi connectivity index (χ2n) is 8.89. The van der Waals surface area contributed by atoms with Crippen molar-refractivity contribution in [1.29, 1.82) is 0 Å². The molecule has 0 aromatic carbocycles. The van der Waals surface area contributed by atoms with E-state index in [0.29, 0.717) is 36.2 Å². The average molecular weight is 332 g/mol. The summed E-state index contributed by atoms with van der Waals surface area (Å²) in [5, 5.41) is 0. The van der Waals surface area contributed by atoms with E-state index in [1.807, 2.05) is 0 Å². The maximum Gasteiger partial charge on any atom is 0.160 e. The number of rotatable bonds is 3. The highest BCUT2D eigenvalue weighted by Crippen LogP contribution is 2.59. The van der Waals surface area contributed by atoms with E-state index < -0.39 is 0 Å². The summed E-state index contributed by atoms with van der Waals surface area (Å²) in [6.07, 6.45) is 11.9. The molecule has 3 aliphatic carbocycles. The highest BCUT2D eigenvalue weighted by atomic mass is 16.7. The highest BCUT2D eigenvalue weighted by Gasteiger charge is 2.54. The minimum Gasteiger partial charge on any atom is -0.352 e. The van der Waals surface area contributed by atoms with Gasteiger partial charge in [0.05, 0.1) is 12.7 Å². The van der Waals surface area contributed by atoms with Crippen molar-refractivity contribution >= 4 is 6.29 Å². The third-order valence-electron chi connectivity index (χ3n) is 7.75. The SMILES string of the molecule is C=C1CCC2[C@@H]3CO[C@@H](C4CCCC4)OC3CC[C@@]2(C)[C@@H]1CC=O. The average Bonchev–Trinajstić information content (AvgIpc) is 3.12. The van der Waals surface area contributed by atoms with E-state index >= 15 is 0 Å². The monoisotopic (exact) mass is 332 g/mol. The van der Waals surface area contributed by atoms with E-state index in [1.54, 1.807) is 0 Å². The van der Waals surface area contributed by atoms with Gasteiger partial charge in [0.2, 0.25) is 0 Å². The molecule has 0 radical (unpaired) electrons. The van der Waals surface area contributed by atoms with Crippen molar-refractivity contribution in [1.82, 2.24) is 0 Å². The van der Waals surface area contributed by atoms with E-state index in [4.69, 9.17) is 9.47 Å². The van der Waals surface area contributed by atoms with E-state index in [-0.39, 0.29) is 11.7 Å². The van der Waals surface area contributed by atoms with Crippen LogP contribution < -0.4 is 0 Å². The standard InChI is InChI=1S/C21H32O3/c1-14-7-8-18-16-13-23-20(15-5-3-4-6-15)24-19(16)9-11-21(18,2)17(14)10-12-22/h12,15-20H,1,3-11,13H2,2H3/t16-,17+,18?,19?,20+,21-/m0/s1. The lowest BCUT2D eigenvalue weighted by Crippen LogP contribution is -2.56. The predicted octanol–water partition coefficient (Wildman–Crippen LogP) is 4.51. The van der Waals surface area contributed by atoms with E-state index in [2.05, 4.69) is 13.5 Å². The Morgan fingerprint density at radius 3 is 2.79 bits per heavy atom. The summed E-state index contributed by atoms with van der Waals surface area (Å²) in [6.45, 7) is 7.55. The van der Waals surface area contributed by atoms with Gasteiger partial charge in [-0.2, -0.15) is 0 Å². The molecule has 3 nitrogen and oxygen atoms in total. The largest absolute Gasteiger partial charge is 0.352 e. The molecule has 24 heavy (non-hydrogen) atoms. The molecule has 1 aliphatic heterocycles. The van der Waals surface area contributed by atoms with Crippen LogP contribution in [0.15, 0.2) is 12.2 Å². The molecule has 134 valence electrons. The Bertz CT molecular complexity index is 495. The van der Waals surface area contributed by atoms with E-state index in [0.717, 1.165) is 32.2 Å². The van der Waals surface area contributed by atoms with Gasteiger partial charge in [0, 0.05) is 18.3 Å². The number of fused-ring (bicyclic) bond motifs is 3. The zero-order chi connectivity index (χ0) is 16.7. The number of allylic oxidation sites excluding steroid dienone is 1. The van der Waals surface area contributed by atoms with Gasteiger partial charge in [-0.25, -0.2) is 0 Å². The molecule has 0 spiro atoms. The third kappa shape index (κ3) is 2.68. The van der Waals surface area contributed by atoms with Crippen LogP contribution in [0.2, 0.25) is 0 Å². The first-order valence-electron chi connectivity index (χ1n) is 10.0. The van der Waals surface area contributed by atoms with Crippen LogP contribution in [0, 0.1) is 29.1 Å². The second kappa shape index (κ2) is 6.57. The van der Waals surface area contributed by atoms with E-state index in [9.17, 15) is 4.79 Å². The summed E-state index contributed by atoms with van der Waals surface area (Å²) in [4.78, 5) is 11.2. The van der Waals surface area contributed by atoms with Crippen molar-refractivity contribution in [2.75, 3.05) is 6.61 Å². The summed E-state index contributed by atoms with van der Waals surface area (Å²) in [6, 6.07) is 0. The molecule has 4 fully saturated rings. The highest BCUT2D eigenvalue weighted by molar-refractivity contribution is 5.51. The van der Waals surface area contributed by atoms with Crippen LogP contribution >= 0.6 is 0 Å². The van der Waals surface area contributed by atoms with Crippen LogP contribution in [0.4, 0.5) is 0 Å². The molecule has 0 aromatic rings. The minimum absolute atomic E-state index is 0.0439. The van der Waals surface area contributed by atoms with Gasteiger partial charge < -0.3 is 14.3 Å². The van der Waals surface area contributed by atoms with Crippen molar-refractivity contribution in [3.8, 4) is 0 Å². The summed E-state index contributed by atoms with van der Waals surface area (Å²) in [7, 11) is 0. The summed E-state index contributed by atoms with van der Waals surface area (Å²) < 4.78 is 12.7. The zero-order valence-corrected chi connectivity index (χ0v) is 15.0. The second-order valence-corrected chi connectivity index (χ2v) is 8.89. The maximum absolute atomic E-state index is 11.2. The first kappa shape index (κ1) is 16.8. The van der Waals surface area contributed by atoms with Crippen molar-refractivity contribution in [2.24, 2.45) is 29.1 Å². The number of carbonyl (C=O) groups excluding carboxylic acids is 1. The Labute approximate surface area is 146 Å². The fourth-order valence-electron chi connectivity index (χ4n) is 6.38. The molecule has 3 heteroatoms. The van der Waals surface area contributed by atoms with Crippen LogP contribution in [0.1, 0.15) is 64.7 Å². The fraction of sp³-hybridized carbons (Fsp3) is 0.857. The van der Waals surface area contributed by atoms with Gasteiger partial charge >= 0.3 is 0 Å². The lowest BCUT2D eigenvalue weighted by atomic mass is 9.50. The lowest BCUT2D eigenvalue weighted by Gasteiger charge is -2.58. The van der Waals surface area contributed by atoms with Crippen LogP contribution in [-0.4, -0.2) is 25.3 Å². The van der Waals surface area contributed by atoms with Crippen molar-refractivity contribution in [3.05, 3.63) is 12.2 Å². The molecule has 4 aliphatic rings. The van der Waals surface area contributed by atoms with Gasteiger partial charge in [-0.05, 0) is 55.8 Å². The van der Waals surface area contributed by atoms with Crippen molar-refractivity contribution in [2.45, 2.75) is 77.1 Å². The minimum atomic E-state index is 0.0439. The molecule has 0 bridgehead atoms. The van der Waals surface area contributed by atoms with Gasteiger partial charge in [-0.3, -0.25) is 0 Å². The van der Waals surface area contributed by atoms with Crippen LogP contribution in [0.5, 0.6) is 0 Å². The molecule has 6 atom stereocenters. The van der Waals surface area contributed by atoms with Gasteiger partial charge in [-0.1, -0.05) is 31.9 Å².